The molecule has 0 bridgehead atoms. The number of hydrogen-bond donors (Lipinski definition) is 2. The Hall–Kier alpha value is -1.87. The molecule has 2 heterocycles. The molecule has 114 valence electrons. The van der Waals surface area contributed by atoms with Crippen molar-refractivity contribution in [2.45, 2.75) is 39.7 Å². The fourth-order valence-corrected chi connectivity index (χ4v) is 2.77. The van der Waals surface area contributed by atoms with E-state index < -0.39 is 0 Å². The largest absolute Gasteiger partial charge is 0.368 e. The van der Waals surface area contributed by atoms with Gasteiger partial charge in [-0.1, -0.05) is 13.8 Å². The molecular weight excluding hydrogens is 264 g/mol. The first-order chi connectivity index (χ1) is 10.2. The second-order valence-electron chi connectivity index (χ2n) is 5.67. The van der Waals surface area contributed by atoms with Crippen molar-refractivity contribution in [3.05, 3.63) is 11.3 Å². The average molecular weight is 288 g/mol. The quantitative estimate of drug-likeness (QED) is 0.823. The minimum Gasteiger partial charge on any atom is -0.368 e. The Kier molecular flexibility index (Phi) is 5.34. The van der Waals surface area contributed by atoms with Crippen LogP contribution in [0, 0.1) is 17.2 Å². The number of nitriles is 1. The van der Waals surface area contributed by atoms with Crippen LogP contribution >= 0.6 is 0 Å². The molecule has 0 aromatic carbocycles. The lowest BCUT2D eigenvalue weighted by atomic mass is 10.0. The van der Waals surface area contributed by atoms with Crippen LogP contribution in [0.25, 0.3) is 0 Å². The number of rotatable bonds is 6. The molecule has 3 N–H and O–H groups in total. The van der Waals surface area contributed by atoms with E-state index in [0.717, 1.165) is 50.5 Å². The number of hydrogen-bond acceptors (Lipinski definition) is 6. The first-order valence-electron chi connectivity index (χ1n) is 7.63. The van der Waals surface area contributed by atoms with Gasteiger partial charge >= 0.3 is 0 Å². The van der Waals surface area contributed by atoms with Crippen molar-refractivity contribution >= 4 is 11.8 Å². The van der Waals surface area contributed by atoms with Crippen LogP contribution in [-0.4, -0.2) is 29.6 Å². The third-order valence-corrected chi connectivity index (χ3v) is 3.70. The molecule has 0 saturated heterocycles. The Bertz CT molecular complexity index is 522. The van der Waals surface area contributed by atoms with Crippen molar-refractivity contribution in [3.63, 3.8) is 0 Å². The number of fused-ring (bicyclic) bond motifs is 1. The highest BCUT2D eigenvalue weighted by atomic mass is 15.2. The SMILES string of the molecule is CCCN(C[C@@H](C)CC#N)c1nc(N)nc2c1CCNC2. The number of nitrogens with zero attached hydrogens (tertiary/aromatic N) is 4. The van der Waals surface area contributed by atoms with Crippen LogP contribution in [0.15, 0.2) is 0 Å². The van der Waals surface area contributed by atoms with Gasteiger partial charge in [-0.15, -0.1) is 0 Å². The predicted octanol–water partition coefficient (Wildman–Crippen LogP) is 1.47. The van der Waals surface area contributed by atoms with Crippen LogP contribution in [-0.2, 0) is 13.0 Å². The molecule has 0 amide bonds. The number of anilines is 2. The van der Waals surface area contributed by atoms with Gasteiger partial charge in [-0.2, -0.15) is 10.2 Å². The molecule has 1 atom stereocenters. The van der Waals surface area contributed by atoms with Gasteiger partial charge in [-0.05, 0) is 25.3 Å². The monoisotopic (exact) mass is 288 g/mol. The van der Waals surface area contributed by atoms with Gasteiger partial charge in [0, 0.05) is 31.6 Å². The molecule has 21 heavy (non-hydrogen) atoms. The average Bonchev–Trinajstić information content (AvgIpc) is 2.46. The van der Waals surface area contributed by atoms with E-state index in [1.807, 2.05) is 0 Å². The molecule has 1 aliphatic heterocycles. The van der Waals surface area contributed by atoms with Crippen molar-refractivity contribution in [1.82, 2.24) is 15.3 Å². The van der Waals surface area contributed by atoms with Gasteiger partial charge in [-0.3, -0.25) is 0 Å². The summed E-state index contributed by atoms with van der Waals surface area (Å²) in [6.45, 7) is 7.71. The van der Waals surface area contributed by atoms with Gasteiger partial charge in [0.1, 0.15) is 5.82 Å². The number of nitrogen functional groups attached to an aromatic ring is 1. The molecule has 1 aromatic heterocycles. The molecule has 0 saturated carbocycles. The van der Waals surface area contributed by atoms with E-state index >= 15 is 0 Å². The summed E-state index contributed by atoms with van der Waals surface area (Å²) in [4.78, 5) is 11.1. The van der Waals surface area contributed by atoms with Crippen LogP contribution < -0.4 is 16.0 Å². The van der Waals surface area contributed by atoms with Crippen LogP contribution in [0.5, 0.6) is 0 Å². The molecule has 6 nitrogen and oxygen atoms in total. The molecule has 2 rings (SSSR count). The van der Waals surface area contributed by atoms with E-state index in [-0.39, 0.29) is 0 Å². The maximum Gasteiger partial charge on any atom is 0.222 e. The van der Waals surface area contributed by atoms with Gasteiger partial charge in [0.2, 0.25) is 5.95 Å². The van der Waals surface area contributed by atoms with Crippen molar-refractivity contribution in [2.24, 2.45) is 5.92 Å². The molecule has 1 aromatic rings. The zero-order valence-corrected chi connectivity index (χ0v) is 12.9. The van der Waals surface area contributed by atoms with Gasteiger partial charge in [0.25, 0.3) is 0 Å². The van der Waals surface area contributed by atoms with E-state index in [1.165, 1.54) is 5.56 Å². The summed E-state index contributed by atoms with van der Waals surface area (Å²) in [6.07, 6.45) is 2.53. The lowest BCUT2D eigenvalue weighted by Gasteiger charge is -2.30. The lowest BCUT2D eigenvalue weighted by molar-refractivity contribution is 0.558. The van der Waals surface area contributed by atoms with Gasteiger partial charge in [0.15, 0.2) is 0 Å². The third kappa shape index (κ3) is 3.82. The Balaban J connectivity index is 2.31. The van der Waals surface area contributed by atoms with Crippen LogP contribution in [0.2, 0.25) is 0 Å². The molecule has 0 aliphatic carbocycles. The summed E-state index contributed by atoms with van der Waals surface area (Å²) in [5.41, 5.74) is 8.10. The highest BCUT2D eigenvalue weighted by Gasteiger charge is 2.21. The summed E-state index contributed by atoms with van der Waals surface area (Å²) in [5, 5.41) is 12.2. The maximum atomic E-state index is 8.86. The minimum absolute atomic E-state index is 0.315. The van der Waals surface area contributed by atoms with Crippen LogP contribution in [0.1, 0.15) is 37.9 Å². The second kappa shape index (κ2) is 7.23. The van der Waals surface area contributed by atoms with Gasteiger partial charge in [-0.25, -0.2) is 4.98 Å². The zero-order chi connectivity index (χ0) is 15.2. The second-order valence-corrected chi connectivity index (χ2v) is 5.67. The summed E-state index contributed by atoms with van der Waals surface area (Å²) < 4.78 is 0. The summed E-state index contributed by atoms with van der Waals surface area (Å²) >= 11 is 0. The molecule has 0 radical (unpaired) electrons. The van der Waals surface area contributed by atoms with Gasteiger partial charge < -0.3 is 16.0 Å². The van der Waals surface area contributed by atoms with E-state index in [1.54, 1.807) is 0 Å². The normalized spacial score (nSPS) is 15.1. The van der Waals surface area contributed by atoms with Crippen molar-refractivity contribution in [2.75, 3.05) is 30.3 Å². The Morgan fingerprint density at radius 1 is 1.48 bits per heavy atom. The van der Waals surface area contributed by atoms with Crippen molar-refractivity contribution < 1.29 is 0 Å². The van der Waals surface area contributed by atoms with Crippen LogP contribution in [0.4, 0.5) is 11.8 Å². The van der Waals surface area contributed by atoms with Gasteiger partial charge in [0.05, 0.1) is 11.8 Å². The van der Waals surface area contributed by atoms with Crippen molar-refractivity contribution in [1.29, 1.82) is 5.26 Å². The first kappa shape index (κ1) is 15.5. The number of nitrogens with one attached hydrogen (secondary N) is 1. The van der Waals surface area contributed by atoms with E-state index in [2.05, 4.69) is 40.1 Å². The van der Waals surface area contributed by atoms with E-state index in [0.29, 0.717) is 18.3 Å². The third-order valence-electron chi connectivity index (χ3n) is 3.70. The molecule has 0 spiro atoms. The van der Waals surface area contributed by atoms with E-state index in [9.17, 15) is 0 Å². The Morgan fingerprint density at radius 2 is 2.29 bits per heavy atom. The Morgan fingerprint density at radius 3 is 3.00 bits per heavy atom. The fourth-order valence-electron chi connectivity index (χ4n) is 2.77. The minimum atomic E-state index is 0.315. The smallest absolute Gasteiger partial charge is 0.222 e. The first-order valence-corrected chi connectivity index (χ1v) is 7.63. The zero-order valence-electron chi connectivity index (χ0n) is 12.9. The highest BCUT2D eigenvalue weighted by molar-refractivity contribution is 5.53. The molecular formula is C15H24N6. The molecule has 1 aliphatic rings. The topological polar surface area (TPSA) is 90.9 Å². The number of nitrogens with two attached hydrogens (primary N) is 1. The Labute approximate surface area is 126 Å². The fraction of sp³-hybridized carbons (Fsp3) is 0.667. The molecule has 6 heteroatoms. The van der Waals surface area contributed by atoms with Crippen LogP contribution in [0.3, 0.4) is 0 Å². The lowest BCUT2D eigenvalue weighted by Crippen LogP contribution is -2.34. The van der Waals surface area contributed by atoms with E-state index in [4.69, 9.17) is 11.0 Å². The molecule has 0 fully saturated rings. The number of aromatic nitrogens is 2. The summed E-state index contributed by atoms with van der Waals surface area (Å²) in [6, 6.07) is 2.25. The predicted molar refractivity (Wildman–Crippen MR) is 83.8 cm³/mol. The summed E-state index contributed by atoms with van der Waals surface area (Å²) in [5.74, 6) is 1.61. The summed E-state index contributed by atoms with van der Waals surface area (Å²) in [7, 11) is 0. The highest BCUT2D eigenvalue weighted by Crippen LogP contribution is 2.25. The standard InChI is InChI=1S/C15H24N6/c1-3-8-21(10-11(2)4-6-16)14-12-5-7-18-9-13(12)19-15(17)20-14/h11,18H,3-5,7-10H2,1-2H3,(H2,17,19,20)/t11-/m0/s1. The maximum absolute atomic E-state index is 8.86. The molecule has 0 unspecified atom stereocenters. The van der Waals surface area contributed by atoms with Crippen molar-refractivity contribution in [3.8, 4) is 6.07 Å².